The molecule has 1 saturated carbocycles. The van der Waals surface area contributed by atoms with Crippen molar-refractivity contribution in [1.29, 1.82) is 0 Å². The minimum atomic E-state index is 0.222. The van der Waals surface area contributed by atoms with Crippen LogP contribution in [-0.4, -0.2) is 10.5 Å². The molecule has 0 unspecified atom stereocenters. The summed E-state index contributed by atoms with van der Waals surface area (Å²) in [5.74, 6) is 0.506. The smallest absolute Gasteiger partial charge is 0.223 e. The van der Waals surface area contributed by atoms with Crippen molar-refractivity contribution in [3.8, 4) is 0 Å². The van der Waals surface area contributed by atoms with E-state index >= 15 is 0 Å². The summed E-state index contributed by atoms with van der Waals surface area (Å²) < 4.78 is 2.11. The summed E-state index contributed by atoms with van der Waals surface area (Å²) in [4.78, 5) is 11.6. The van der Waals surface area contributed by atoms with Crippen molar-refractivity contribution in [2.45, 2.75) is 32.7 Å². The molecule has 0 aromatic carbocycles. The number of aryl methyl sites for hydroxylation is 1. The molecule has 1 aliphatic carbocycles. The first-order valence-corrected chi connectivity index (χ1v) is 5.57. The van der Waals surface area contributed by atoms with Gasteiger partial charge in [0.05, 0.1) is 6.54 Å². The molecule has 0 atom stereocenters. The van der Waals surface area contributed by atoms with Crippen molar-refractivity contribution in [3.05, 3.63) is 23.5 Å². The van der Waals surface area contributed by atoms with Gasteiger partial charge in [-0.15, -0.1) is 0 Å². The summed E-state index contributed by atoms with van der Waals surface area (Å²) in [7, 11) is 2.03. The van der Waals surface area contributed by atoms with Crippen molar-refractivity contribution in [3.63, 3.8) is 0 Å². The summed E-state index contributed by atoms with van der Waals surface area (Å²) in [6.45, 7) is 2.72. The minimum Gasteiger partial charge on any atom is -0.350 e. The first-order chi connectivity index (χ1) is 7.18. The third-order valence-electron chi connectivity index (χ3n) is 3.40. The normalized spacial score (nSPS) is 16.1. The van der Waals surface area contributed by atoms with Crippen LogP contribution in [0.2, 0.25) is 0 Å². The second-order valence-electron chi connectivity index (χ2n) is 4.37. The Balaban J connectivity index is 1.87. The number of hydrogen-bond acceptors (Lipinski definition) is 1. The lowest BCUT2D eigenvalue weighted by molar-refractivity contribution is -0.127. The molecular weight excluding hydrogens is 188 g/mol. The number of carbonyl (C=O) groups excluding carboxylic acids is 1. The van der Waals surface area contributed by atoms with Gasteiger partial charge >= 0.3 is 0 Å². The molecule has 82 valence electrons. The Morgan fingerprint density at radius 2 is 2.27 bits per heavy atom. The van der Waals surface area contributed by atoms with Crippen LogP contribution >= 0.6 is 0 Å². The van der Waals surface area contributed by atoms with Crippen LogP contribution in [0.25, 0.3) is 0 Å². The Morgan fingerprint density at radius 1 is 1.53 bits per heavy atom. The van der Waals surface area contributed by atoms with Crippen molar-refractivity contribution in [1.82, 2.24) is 9.88 Å². The molecule has 1 aromatic heterocycles. The highest BCUT2D eigenvalue weighted by atomic mass is 16.1. The molecule has 3 nitrogen and oxygen atoms in total. The highest BCUT2D eigenvalue weighted by Gasteiger charge is 2.24. The number of hydrogen-bond donors (Lipinski definition) is 1. The van der Waals surface area contributed by atoms with Gasteiger partial charge in [-0.1, -0.05) is 6.42 Å². The largest absolute Gasteiger partial charge is 0.350 e. The summed E-state index contributed by atoms with van der Waals surface area (Å²) in [5.41, 5.74) is 2.39. The lowest BCUT2D eigenvalue weighted by atomic mass is 9.85. The SMILES string of the molecule is Cc1ccc(CNC(=O)C2CCC2)n1C. The Kier molecular flexibility index (Phi) is 2.80. The second kappa shape index (κ2) is 4.09. The molecule has 1 amide bonds. The molecule has 1 heterocycles. The highest BCUT2D eigenvalue weighted by molar-refractivity contribution is 5.79. The molecule has 15 heavy (non-hydrogen) atoms. The first-order valence-electron chi connectivity index (χ1n) is 5.57. The lowest BCUT2D eigenvalue weighted by Crippen LogP contribution is -2.34. The maximum atomic E-state index is 11.6. The molecule has 1 aliphatic rings. The number of rotatable bonds is 3. The van der Waals surface area contributed by atoms with E-state index in [-0.39, 0.29) is 11.8 Å². The van der Waals surface area contributed by atoms with Crippen molar-refractivity contribution >= 4 is 5.91 Å². The van der Waals surface area contributed by atoms with Crippen LogP contribution in [0.15, 0.2) is 12.1 Å². The van der Waals surface area contributed by atoms with Gasteiger partial charge in [0.25, 0.3) is 0 Å². The highest BCUT2D eigenvalue weighted by Crippen LogP contribution is 2.26. The fourth-order valence-electron chi connectivity index (χ4n) is 1.84. The van der Waals surface area contributed by atoms with E-state index < -0.39 is 0 Å². The molecular formula is C12H18N2O. The molecule has 0 saturated heterocycles. The predicted octanol–water partition coefficient (Wildman–Crippen LogP) is 1.75. The Bertz CT molecular complexity index is 364. The van der Waals surface area contributed by atoms with Gasteiger partial charge in [-0.05, 0) is 31.9 Å². The maximum absolute atomic E-state index is 11.6. The van der Waals surface area contributed by atoms with E-state index in [1.54, 1.807) is 0 Å². The molecule has 0 spiro atoms. The van der Waals surface area contributed by atoms with Crippen LogP contribution in [0.1, 0.15) is 30.7 Å². The molecule has 0 bridgehead atoms. The standard InChI is InChI=1S/C12H18N2O/c1-9-6-7-11(14(9)2)8-13-12(15)10-4-3-5-10/h6-7,10H,3-5,8H2,1-2H3,(H,13,15). The topological polar surface area (TPSA) is 34.0 Å². The van der Waals surface area contributed by atoms with Gasteiger partial charge < -0.3 is 9.88 Å². The minimum absolute atomic E-state index is 0.222. The fraction of sp³-hybridized carbons (Fsp3) is 0.583. The van der Waals surface area contributed by atoms with Crippen molar-refractivity contribution in [2.75, 3.05) is 0 Å². The number of carbonyl (C=O) groups is 1. The number of nitrogens with one attached hydrogen (secondary N) is 1. The zero-order valence-electron chi connectivity index (χ0n) is 9.42. The predicted molar refractivity (Wildman–Crippen MR) is 59.3 cm³/mol. The van der Waals surface area contributed by atoms with Crippen LogP contribution in [0.5, 0.6) is 0 Å². The molecule has 0 radical (unpaired) electrons. The van der Waals surface area contributed by atoms with E-state index in [1.165, 1.54) is 17.8 Å². The fourth-order valence-corrected chi connectivity index (χ4v) is 1.84. The van der Waals surface area contributed by atoms with Crippen LogP contribution in [0, 0.1) is 12.8 Å². The van der Waals surface area contributed by atoms with Gasteiger partial charge in [-0.3, -0.25) is 4.79 Å². The lowest BCUT2D eigenvalue weighted by Gasteiger charge is -2.24. The zero-order valence-corrected chi connectivity index (χ0v) is 9.42. The average Bonchev–Trinajstić information content (AvgIpc) is 2.42. The van der Waals surface area contributed by atoms with Crippen LogP contribution in [-0.2, 0) is 18.4 Å². The Morgan fingerprint density at radius 3 is 2.73 bits per heavy atom. The molecule has 2 rings (SSSR count). The van der Waals surface area contributed by atoms with E-state index in [1.807, 2.05) is 7.05 Å². The van der Waals surface area contributed by atoms with Crippen LogP contribution in [0.4, 0.5) is 0 Å². The second-order valence-corrected chi connectivity index (χ2v) is 4.37. The number of amides is 1. The first kappa shape index (κ1) is 10.3. The van der Waals surface area contributed by atoms with E-state index in [0.29, 0.717) is 6.54 Å². The van der Waals surface area contributed by atoms with E-state index in [2.05, 4.69) is 28.9 Å². The van der Waals surface area contributed by atoms with Crippen molar-refractivity contribution in [2.24, 2.45) is 13.0 Å². The van der Waals surface area contributed by atoms with Gasteiger partial charge in [0.2, 0.25) is 5.91 Å². The summed E-state index contributed by atoms with van der Waals surface area (Å²) >= 11 is 0. The maximum Gasteiger partial charge on any atom is 0.223 e. The Hall–Kier alpha value is -1.25. The van der Waals surface area contributed by atoms with Gasteiger partial charge in [0.1, 0.15) is 0 Å². The number of aromatic nitrogens is 1. The average molecular weight is 206 g/mol. The molecule has 3 heteroatoms. The monoisotopic (exact) mass is 206 g/mol. The third-order valence-corrected chi connectivity index (χ3v) is 3.40. The zero-order chi connectivity index (χ0) is 10.8. The summed E-state index contributed by atoms with van der Waals surface area (Å²) in [6, 6.07) is 4.14. The van der Waals surface area contributed by atoms with Gasteiger partial charge in [0, 0.05) is 24.4 Å². The van der Waals surface area contributed by atoms with Crippen molar-refractivity contribution < 1.29 is 4.79 Å². The Labute approximate surface area is 90.5 Å². The third kappa shape index (κ3) is 2.06. The van der Waals surface area contributed by atoms with Crippen LogP contribution < -0.4 is 5.32 Å². The van der Waals surface area contributed by atoms with E-state index in [4.69, 9.17) is 0 Å². The molecule has 0 aliphatic heterocycles. The molecule has 1 N–H and O–H groups in total. The summed E-state index contributed by atoms with van der Waals surface area (Å²) in [6.07, 6.45) is 3.34. The van der Waals surface area contributed by atoms with Gasteiger partial charge in [-0.2, -0.15) is 0 Å². The molecule has 1 aromatic rings. The van der Waals surface area contributed by atoms with Gasteiger partial charge in [0.15, 0.2) is 0 Å². The van der Waals surface area contributed by atoms with E-state index in [9.17, 15) is 4.79 Å². The van der Waals surface area contributed by atoms with Crippen LogP contribution in [0.3, 0.4) is 0 Å². The quantitative estimate of drug-likeness (QED) is 0.803. The van der Waals surface area contributed by atoms with E-state index in [0.717, 1.165) is 12.8 Å². The number of nitrogens with zero attached hydrogens (tertiary/aromatic N) is 1. The summed E-state index contributed by atoms with van der Waals surface area (Å²) in [5, 5.41) is 3.00. The van der Waals surface area contributed by atoms with Gasteiger partial charge in [-0.25, -0.2) is 0 Å². The molecule has 1 fully saturated rings.